The van der Waals surface area contributed by atoms with Crippen LogP contribution in [0.3, 0.4) is 0 Å². The van der Waals surface area contributed by atoms with Gasteiger partial charge in [0.2, 0.25) is 0 Å². The molecule has 1 atom stereocenters. The molecule has 0 saturated carbocycles. The lowest BCUT2D eigenvalue weighted by Crippen LogP contribution is -2.26. The number of nitrogens with one attached hydrogen (secondary N) is 1. The summed E-state index contributed by atoms with van der Waals surface area (Å²) in [6, 6.07) is 24.6. The normalized spacial score (nSPS) is 12.8. The molecule has 0 radical (unpaired) electrons. The summed E-state index contributed by atoms with van der Waals surface area (Å²) in [5.74, 6) is 0. The number of aromatic amines is 1. The molecule has 1 N–H and O–H groups in total. The molecule has 178 valence electrons. The molecule has 2 heterocycles. The molecule has 0 amide bonds. The molecule has 0 bridgehead atoms. The average molecular weight is 503 g/mol. The van der Waals surface area contributed by atoms with Crippen molar-refractivity contribution in [3.8, 4) is 11.1 Å². The average Bonchev–Trinajstić information content (AvgIpc) is 3.27. The third-order valence-corrected chi connectivity index (χ3v) is 7.31. The van der Waals surface area contributed by atoms with E-state index in [1.54, 1.807) is 10.6 Å². The van der Waals surface area contributed by atoms with Gasteiger partial charge in [-0.05, 0) is 78.4 Å². The molecule has 3 nitrogen and oxygen atoms in total. The fraction of sp³-hybridized carbons (Fsp3) is 0.167. The molecule has 35 heavy (non-hydrogen) atoms. The molecule has 0 aliphatic carbocycles. The van der Waals surface area contributed by atoms with Gasteiger partial charge in [0.15, 0.2) is 0 Å². The Kier molecular flexibility index (Phi) is 6.68. The van der Waals surface area contributed by atoms with Gasteiger partial charge >= 0.3 is 0 Å². The predicted octanol–water partition coefficient (Wildman–Crippen LogP) is 7.58. The molecule has 0 spiro atoms. The number of aryl methyl sites for hydroxylation is 3. The van der Waals surface area contributed by atoms with Crippen LogP contribution >= 0.6 is 24.0 Å². The topological polar surface area (TPSA) is 37.8 Å². The summed E-state index contributed by atoms with van der Waals surface area (Å²) in [6.07, 6.45) is 4.14. The lowest BCUT2D eigenvalue weighted by Gasteiger charge is -2.32. The van der Waals surface area contributed by atoms with E-state index in [4.69, 9.17) is 11.6 Å². The van der Waals surface area contributed by atoms with Gasteiger partial charge in [-0.1, -0.05) is 59.6 Å². The van der Waals surface area contributed by atoms with E-state index < -0.39 is 0 Å². The van der Waals surface area contributed by atoms with E-state index in [1.165, 1.54) is 22.3 Å². The van der Waals surface area contributed by atoms with E-state index in [-0.39, 0.29) is 23.4 Å². The maximum Gasteiger partial charge on any atom is 0.251 e. The Hall–Kier alpha value is -3.27. The van der Waals surface area contributed by atoms with Gasteiger partial charge in [-0.2, -0.15) is 0 Å². The first-order valence-electron chi connectivity index (χ1n) is 11.4. The summed E-state index contributed by atoms with van der Waals surface area (Å²) >= 11 is 6.31. The van der Waals surface area contributed by atoms with Crippen LogP contribution in [0.4, 0.5) is 0 Å². The lowest BCUT2D eigenvalue weighted by atomic mass is 9.70. The first-order chi connectivity index (χ1) is 16.3. The Morgan fingerprint density at radius 2 is 1.60 bits per heavy atom. The van der Waals surface area contributed by atoms with Crippen molar-refractivity contribution in [3.05, 3.63) is 128 Å². The Balaban J connectivity index is 0.00000289. The Morgan fingerprint density at radius 1 is 0.886 bits per heavy atom. The third-order valence-electron chi connectivity index (χ3n) is 7.08. The third kappa shape index (κ3) is 4.20. The van der Waals surface area contributed by atoms with E-state index >= 15 is 0 Å². The minimum Gasteiger partial charge on any atom is -0.367 e. The fourth-order valence-corrected chi connectivity index (χ4v) is 5.20. The number of rotatable bonds is 4. The molecule has 1 unspecified atom stereocenters. The quantitative estimate of drug-likeness (QED) is 0.270. The van der Waals surface area contributed by atoms with E-state index in [9.17, 15) is 4.79 Å². The Morgan fingerprint density at radius 3 is 2.26 bits per heavy atom. The van der Waals surface area contributed by atoms with Gasteiger partial charge in [0.05, 0.1) is 5.52 Å². The van der Waals surface area contributed by atoms with Gasteiger partial charge in [0.1, 0.15) is 0 Å². The van der Waals surface area contributed by atoms with Crippen molar-refractivity contribution in [1.82, 2.24) is 9.55 Å². The van der Waals surface area contributed by atoms with Crippen molar-refractivity contribution in [3.63, 3.8) is 0 Å². The van der Waals surface area contributed by atoms with E-state index in [2.05, 4.69) is 74.4 Å². The number of H-pyrrole nitrogens is 1. The second-order valence-corrected chi connectivity index (χ2v) is 9.68. The molecule has 3 aromatic carbocycles. The van der Waals surface area contributed by atoms with Gasteiger partial charge in [0.25, 0.3) is 5.56 Å². The van der Waals surface area contributed by atoms with Crippen molar-refractivity contribution in [2.75, 3.05) is 0 Å². The van der Waals surface area contributed by atoms with Crippen molar-refractivity contribution < 1.29 is 0 Å². The molecule has 0 saturated heterocycles. The van der Waals surface area contributed by atoms with Gasteiger partial charge < -0.3 is 9.55 Å². The molecule has 5 aromatic rings. The second kappa shape index (κ2) is 9.41. The number of halogens is 2. The summed E-state index contributed by atoms with van der Waals surface area (Å²) < 4.78 is 1.71. The Labute approximate surface area is 216 Å². The maximum atomic E-state index is 12.8. The van der Waals surface area contributed by atoms with Crippen LogP contribution in [-0.4, -0.2) is 9.55 Å². The zero-order chi connectivity index (χ0) is 24.0. The highest BCUT2D eigenvalue weighted by Gasteiger charge is 2.33. The number of aromatic nitrogens is 2. The molecule has 5 rings (SSSR count). The number of fused-ring (bicyclic) bond motifs is 1. The summed E-state index contributed by atoms with van der Waals surface area (Å²) in [4.78, 5) is 16.1. The number of nitrogens with zero attached hydrogens (tertiary/aromatic N) is 1. The summed E-state index contributed by atoms with van der Waals surface area (Å²) in [5, 5.41) is 1.67. The monoisotopic (exact) mass is 502 g/mol. The molecule has 0 aliphatic heterocycles. The largest absolute Gasteiger partial charge is 0.367 e. The number of hydrogen-bond donors (Lipinski definition) is 1. The lowest BCUT2D eigenvalue weighted by molar-refractivity contribution is 0.689. The van der Waals surface area contributed by atoms with E-state index in [1.807, 2.05) is 37.5 Å². The van der Waals surface area contributed by atoms with Gasteiger partial charge in [0, 0.05) is 41.3 Å². The van der Waals surface area contributed by atoms with E-state index in [0.717, 1.165) is 27.6 Å². The van der Waals surface area contributed by atoms with Crippen LogP contribution in [0, 0.1) is 13.8 Å². The summed E-state index contributed by atoms with van der Waals surface area (Å²) in [5.41, 5.74) is 8.33. The van der Waals surface area contributed by atoms with Crippen LogP contribution in [0.5, 0.6) is 0 Å². The first kappa shape index (κ1) is 24.8. The van der Waals surface area contributed by atoms with Crippen molar-refractivity contribution in [1.29, 1.82) is 0 Å². The van der Waals surface area contributed by atoms with Crippen LogP contribution in [0.1, 0.15) is 34.7 Å². The molecular formula is C30H28Cl2N2O. The standard InChI is InChI=1S/C30H27ClN2O.ClH/c1-19-8-10-22(11-9-19)30(3,27-18-32-17-20(27)2)23-12-13-28-26(15-23)25(16-29(34)33(28)4)21-6-5-7-24(31)14-21;/h5-18,32H,1-4H3;1H. The minimum atomic E-state index is -0.383. The molecule has 0 fully saturated rings. The van der Waals surface area contributed by atoms with Crippen LogP contribution in [0.15, 0.2) is 90.0 Å². The summed E-state index contributed by atoms with van der Waals surface area (Å²) in [6.45, 7) is 6.52. The van der Waals surface area contributed by atoms with Crippen LogP contribution in [0.25, 0.3) is 22.0 Å². The SMILES string of the molecule is Cc1ccc(C(C)(c2ccc3c(c2)c(-c2cccc(Cl)c2)cc(=O)n3C)c2c[nH]cc2C)cc1.Cl. The fourth-order valence-electron chi connectivity index (χ4n) is 5.01. The van der Waals surface area contributed by atoms with Crippen molar-refractivity contribution >= 4 is 34.9 Å². The highest BCUT2D eigenvalue weighted by molar-refractivity contribution is 6.30. The highest BCUT2D eigenvalue weighted by atomic mass is 35.5. The van der Waals surface area contributed by atoms with Crippen LogP contribution in [-0.2, 0) is 12.5 Å². The number of hydrogen-bond acceptors (Lipinski definition) is 1. The smallest absolute Gasteiger partial charge is 0.251 e. The maximum absolute atomic E-state index is 12.8. The number of benzene rings is 3. The number of pyridine rings is 1. The minimum absolute atomic E-state index is 0. The zero-order valence-corrected chi connectivity index (χ0v) is 21.8. The highest BCUT2D eigenvalue weighted by Crippen LogP contribution is 2.42. The second-order valence-electron chi connectivity index (χ2n) is 9.24. The summed E-state index contributed by atoms with van der Waals surface area (Å²) in [7, 11) is 1.82. The van der Waals surface area contributed by atoms with Crippen molar-refractivity contribution in [2.24, 2.45) is 7.05 Å². The molecule has 5 heteroatoms. The van der Waals surface area contributed by atoms with Gasteiger partial charge in [-0.25, -0.2) is 0 Å². The zero-order valence-electron chi connectivity index (χ0n) is 20.2. The van der Waals surface area contributed by atoms with Crippen LogP contribution < -0.4 is 5.56 Å². The van der Waals surface area contributed by atoms with Gasteiger partial charge in [-0.15, -0.1) is 12.4 Å². The molecule has 2 aromatic heterocycles. The predicted molar refractivity (Wildman–Crippen MR) is 149 cm³/mol. The molecular weight excluding hydrogens is 475 g/mol. The Bertz CT molecular complexity index is 1580. The van der Waals surface area contributed by atoms with Crippen LogP contribution in [0.2, 0.25) is 5.02 Å². The van der Waals surface area contributed by atoms with Crippen molar-refractivity contribution in [2.45, 2.75) is 26.2 Å². The van der Waals surface area contributed by atoms with Gasteiger partial charge in [-0.3, -0.25) is 4.79 Å². The van der Waals surface area contributed by atoms with E-state index in [0.29, 0.717) is 5.02 Å². The first-order valence-corrected chi connectivity index (χ1v) is 11.8. The molecule has 0 aliphatic rings.